The van der Waals surface area contributed by atoms with Crippen molar-refractivity contribution in [3.63, 3.8) is 0 Å². The third kappa shape index (κ3) is 3.49. The van der Waals surface area contributed by atoms with Crippen LogP contribution in [0.2, 0.25) is 0 Å². The quantitative estimate of drug-likeness (QED) is 0.705. The van der Waals surface area contributed by atoms with Crippen LogP contribution < -0.4 is 10.1 Å². The Balaban J connectivity index is 1.85. The van der Waals surface area contributed by atoms with Crippen molar-refractivity contribution in [1.82, 2.24) is 9.97 Å². The summed E-state index contributed by atoms with van der Waals surface area (Å²) in [5.41, 5.74) is 0.998. The number of rotatable bonds is 6. The molecule has 1 heterocycles. The van der Waals surface area contributed by atoms with E-state index in [-0.39, 0.29) is 6.61 Å². The lowest BCUT2D eigenvalue weighted by molar-refractivity contribution is 0.201. The summed E-state index contributed by atoms with van der Waals surface area (Å²) in [6, 6.07) is 7.57. The first kappa shape index (κ1) is 11.5. The minimum atomic E-state index is 0.0263. The minimum Gasteiger partial charge on any atom is -0.491 e. The molecular weight excluding hydrogens is 218 g/mol. The van der Waals surface area contributed by atoms with Crippen molar-refractivity contribution in [2.24, 2.45) is 0 Å². The van der Waals surface area contributed by atoms with E-state index in [1.807, 2.05) is 24.3 Å². The van der Waals surface area contributed by atoms with Gasteiger partial charge in [0, 0.05) is 18.1 Å². The third-order valence-corrected chi connectivity index (χ3v) is 2.23. The van der Waals surface area contributed by atoms with Crippen LogP contribution >= 0.6 is 0 Å². The van der Waals surface area contributed by atoms with Crippen LogP contribution in [-0.2, 0) is 6.54 Å². The zero-order valence-corrected chi connectivity index (χ0v) is 9.39. The van der Waals surface area contributed by atoms with Gasteiger partial charge in [-0.05, 0) is 24.3 Å². The minimum absolute atomic E-state index is 0.0263. The number of aromatic nitrogens is 2. The van der Waals surface area contributed by atoms with Crippen LogP contribution in [0, 0.1) is 0 Å². The number of hydrogen-bond acceptors (Lipinski definition) is 4. The van der Waals surface area contributed by atoms with Crippen molar-refractivity contribution < 1.29 is 9.84 Å². The molecule has 1 aromatic heterocycles. The van der Waals surface area contributed by atoms with Gasteiger partial charge in [-0.2, -0.15) is 0 Å². The Morgan fingerprint density at radius 1 is 1.29 bits per heavy atom. The van der Waals surface area contributed by atoms with Crippen LogP contribution in [0.1, 0.15) is 5.82 Å². The summed E-state index contributed by atoms with van der Waals surface area (Å²) < 4.78 is 5.26. The fourth-order valence-corrected chi connectivity index (χ4v) is 1.41. The second-order valence-electron chi connectivity index (χ2n) is 3.49. The SMILES string of the molecule is OCCOc1ccc(NCc2ncc[nH]2)cc1. The van der Waals surface area contributed by atoms with E-state index in [1.54, 1.807) is 12.4 Å². The number of nitrogens with zero attached hydrogens (tertiary/aromatic N) is 1. The molecule has 0 saturated heterocycles. The standard InChI is InChI=1S/C12H15N3O2/c16-7-8-17-11-3-1-10(2-4-11)15-9-12-13-5-6-14-12/h1-6,15-16H,7-9H2,(H,13,14). The maximum absolute atomic E-state index is 8.62. The fourth-order valence-electron chi connectivity index (χ4n) is 1.41. The Bertz CT molecular complexity index is 426. The van der Waals surface area contributed by atoms with Gasteiger partial charge in [-0.3, -0.25) is 0 Å². The highest BCUT2D eigenvalue weighted by molar-refractivity contribution is 5.46. The molecular formula is C12H15N3O2. The monoisotopic (exact) mass is 233 g/mol. The number of aliphatic hydroxyl groups is 1. The van der Waals surface area contributed by atoms with Crippen LogP contribution in [0.4, 0.5) is 5.69 Å². The van der Waals surface area contributed by atoms with Crippen LogP contribution in [0.5, 0.6) is 5.75 Å². The zero-order valence-electron chi connectivity index (χ0n) is 9.39. The van der Waals surface area contributed by atoms with E-state index in [1.165, 1.54) is 0 Å². The summed E-state index contributed by atoms with van der Waals surface area (Å²) in [5, 5.41) is 11.9. The summed E-state index contributed by atoms with van der Waals surface area (Å²) in [6.07, 6.45) is 3.52. The average molecular weight is 233 g/mol. The molecule has 0 aliphatic rings. The highest BCUT2D eigenvalue weighted by Crippen LogP contribution is 2.15. The van der Waals surface area contributed by atoms with Crippen molar-refractivity contribution in [3.8, 4) is 5.75 Å². The second-order valence-corrected chi connectivity index (χ2v) is 3.49. The molecule has 0 unspecified atom stereocenters. The highest BCUT2D eigenvalue weighted by atomic mass is 16.5. The molecule has 2 rings (SSSR count). The van der Waals surface area contributed by atoms with Crippen LogP contribution in [-0.4, -0.2) is 28.3 Å². The predicted octanol–water partition coefficient (Wildman–Crippen LogP) is 1.39. The van der Waals surface area contributed by atoms with Crippen LogP contribution in [0.3, 0.4) is 0 Å². The highest BCUT2D eigenvalue weighted by Gasteiger charge is 1.97. The first-order chi connectivity index (χ1) is 8.38. The summed E-state index contributed by atoms with van der Waals surface area (Å²) in [5.74, 6) is 1.65. The molecule has 0 saturated carbocycles. The second kappa shape index (κ2) is 5.91. The average Bonchev–Trinajstić information content (AvgIpc) is 2.88. The molecule has 3 N–H and O–H groups in total. The number of anilines is 1. The normalized spacial score (nSPS) is 10.2. The Kier molecular flexibility index (Phi) is 3.99. The Morgan fingerprint density at radius 3 is 2.76 bits per heavy atom. The Hall–Kier alpha value is -2.01. The van der Waals surface area contributed by atoms with E-state index in [4.69, 9.17) is 9.84 Å². The lowest BCUT2D eigenvalue weighted by atomic mass is 10.3. The van der Waals surface area contributed by atoms with Crippen molar-refractivity contribution >= 4 is 5.69 Å². The lowest BCUT2D eigenvalue weighted by Crippen LogP contribution is -2.03. The van der Waals surface area contributed by atoms with Gasteiger partial charge in [0.25, 0.3) is 0 Å². The number of aliphatic hydroxyl groups excluding tert-OH is 1. The van der Waals surface area contributed by atoms with E-state index >= 15 is 0 Å². The van der Waals surface area contributed by atoms with Gasteiger partial charge in [0.15, 0.2) is 0 Å². The third-order valence-electron chi connectivity index (χ3n) is 2.23. The summed E-state index contributed by atoms with van der Waals surface area (Å²) in [4.78, 5) is 7.14. The van der Waals surface area contributed by atoms with Gasteiger partial charge < -0.3 is 20.1 Å². The molecule has 0 aliphatic carbocycles. The number of imidazole rings is 1. The molecule has 0 fully saturated rings. The number of ether oxygens (including phenoxy) is 1. The van der Waals surface area contributed by atoms with Gasteiger partial charge >= 0.3 is 0 Å². The van der Waals surface area contributed by atoms with Crippen LogP contribution in [0.15, 0.2) is 36.7 Å². The van der Waals surface area contributed by atoms with Crippen molar-refractivity contribution in [2.75, 3.05) is 18.5 Å². The van der Waals surface area contributed by atoms with E-state index in [0.717, 1.165) is 17.3 Å². The maximum atomic E-state index is 8.62. The molecule has 0 aliphatic heterocycles. The van der Waals surface area contributed by atoms with Crippen LogP contribution in [0.25, 0.3) is 0 Å². The van der Waals surface area contributed by atoms with Gasteiger partial charge in [-0.15, -0.1) is 0 Å². The summed E-state index contributed by atoms with van der Waals surface area (Å²) >= 11 is 0. The fraction of sp³-hybridized carbons (Fsp3) is 0.250. The molecule has 17 heavy (non-hydrogen) atoms. The lowest BCUT2D eigenvalue weighted by Gasteiger charge is -2.07. The molecule has 5 heteroatoms. The summed E-state index contributed by atoms with van der Waals surface area (Å²) in [6.45, 7) is 1.00. The molecule has 0 atom stereocenters. The largest absolute Gasteiger partial charge is 0.491 e. The summed E-state index contributed by atoms with van der Waals surface area (Å²) in [7, 11) is 0. The van der Waals surface area contributed by atoms with Gasteiger partial charge in [0.05, 0.1) is 13.2 Å². The first-order valence-electron chi connectivity index (χ1n) is 5.44. The maximum Gasteiger partial charge on any atom is 0.125 e. The van der Waals surface area contributed by atoms with E-state index in [9.17, 15) is 0 Å². The molecule has 1 aromatic carbocycles. The van der Waals surface area contributed by atoms with Crippen molar-refractivity contribution in [1.29, 1.82) is 0 Å². The Morgan fingerprint density at radius 2 is 2.12 bits per heavy atom. The van der Waals surface area contributed by atoms with Gasteiger partial charge in [0.1, 0.15) is 18.2 Å². The molecule has 0 bridgehead atoms. The molecule has 2 aromatic rings. The number of nitrogens with one attached hydrogen (secondary N) is 2. The molecule has 0 radical (unpaired) electrons. The molecule has 90 valence electrons. The topological polar surface area (TPSA) is 70.2 Å². The number of H-pyrrole nitrogens is 1. The van der Waals surface area contributed by atoms with E-state index in [0.29, 0.717) is 13.2 Å². The Labute approximate surface area is 99.5 Å². The predicted molar refractivity (Wildman–Crippen MR) is 64.9 cm³/mol. The van der Waals surface area contributed by atoms with Gasteiger partial charge in [-0.25, -0.2) is 4.98 Å². The smallest absolute Gasteiger partial charge is 0.125 e. The number of hydrogen-bond donors (Lipinski definition) is 3. The van der Waals surface area contributed by atoms with Gasteiger partial charge in [0.2, 0.25) is 0 Å². The number of aromatic amines is 1. The zero-order chi connectivity index (χ0) is 11.9. The van der Waals surface area contributed by atoms with E-state index < -0.39 is 0 Å². The molecule has 0 amide bonds. The molecule has 0 spiro atoms. The molecule has 5 nitrogen and oxygen atoms in total. The van der Waals surface area contributed by atoms with Gasteiger partial charge in [-0.1, -0.05) is 0 Å². The van der Waals surface area contributed by atoms with Crippen molar-refractivity contribution in [3.05, 3.63) is 42.5 Å². The van der Waals surface area contributed by atoms with E-state index in [2.05, 4.69) is 15.3 Å². The first-order valence-corrected chi connectivity index (χ1v) is 5.44. The number of benzene rings is 1. The van der Waals surface area contributed by atoms with Crippen molar-refractivity contribution in [2.45, 2.75) is 6.54 Å².